The number of amides is 1. The molecular formula is C25H21F3N4O3. The molecule has 4 N–H and O–H groups in total. The minimum absolute atomic E-state index is 0.0890. The maximum Gasteiger partial charge on any atom is 0.419 e. The average Bonchev–Trinajstić information content (AvgIpc) is 3.23. The Bertz CT molecular complexity index is 1440. The van der Waals surface area contributed by atoms with Crippen molar-refractivity contribution in [2.45, 2.75) is 26.6 Å². The minimum Gasteiger partial charge on any atom is -0.507 e. The number of phenols is 1. The number of aromatic nitrogens is 2. The van der Waals surface area contributed by atoms with E-state index in [9.17, 15) is 27.9 Å². The van der Waals surface area contributed by atoms with Crippen LogP contribution < -0.4 is 10.6 Å². The molecule has 7 nitrogen and oxygen atoms in total. The number of anilines is 2. The van der Waals surface area contributed by atoms with Crippen molar-refractivity contribution in [3.05, 3.63) is 82.7 Å². The summed E-state index contributed by atoms with van der Waals surface area (Å²) in [6.07, 6.45) is -3.15. The fourth-order valence-corrected chi connectivity index (χ4v) is 3.55. The number of benzene rings is 2. The summed E-state index contributed by atoms with van der Waals surface area (Å²) < 4.78 is 39.1. The second-order valence-electron chi connectivity index (χ2n) is 8.08. The van der Waals surface area contributed by atoms with Crippen molar-refractivity contribution in [3.63, 3.8) is 0 Å². The average molecular weight is 482 g/mol. The molecule has 2 heterocycles. The molecule has 1 amide bonds. The van der Waals surface area contributed by atoms with Gasteiger partial charge in [-0.1, -0.05) is 6.07 Å². The van der Waals surface area contributed by atoms with E-state index in [1.54, 1.807) is 30.5 Å². The molecule has 0 aliphatic rings. The molecule has 0 radical (unpaired) electrons. The van der Waals surface area contributed by atoms with E-state index in [1.165, 1.54) is 6.92 Å². The first-order chi connectivity index (χ1) is 16.5. The molecule has 2 aromatic heterocycles. The highest BCUT2D eigenvalue weighted by atomic mass is 19.4. The van der Waals surface area contributed by atoms with Gasteiger partial charge < -0.3 is 20.7 Å². The van der Waals surface area contributed by atoms with Gasteiger partial charge in [-0.05, 0) is 60.5 Å². The molecule has 0 unspecified atom stereocenters. The number of hydrogen-bond acceptors (Lipinski definition) is 5. The maximum absolute atomic E-state index is 13.0. The van der Waals surface area contributed by atoms with Crippen LogP contribution in [0.25, 0.3) is 11.0 Å². The van der Waals surface area contributed by atoms with Crippen LogP contribution in [0.15, 0.2) is 54.7 Å². The number of nitrogens with one attached hydrogen (secondary N) is 3. The Hall–Kier alpha value is -4.34. The van der Waals surface area contributed by atoms with Crippen LogP contribution in [0.4, 0.5) is 24.5 Å². The van der Waals surface area contributed by atoms with Gasteiger partial charge in [-0.2, -0.15) is 13.2 Å². The standard InChI is InChI=1S/C25H21F3N4O3/c1-13-3-5-18(31-24(35)15-4-6-22(34)20(9-15)25(26,27)28)8-17(13)11-29-19-7-16-10-21(14(2)33)32-23(16)30-12-19/h3-10,12,29,34H,11H2,1-2H3,(H,30,32)(H,31,35). The minimum atomic E-state index is -4.78. The Morgan fingerprint density at radius 3 is 2.54 bits per heavy atom. The zero-order chi connectivity index (χ0) is 25.3. The Kier molecular flexibility index (Phi) is 6.21. The summed E-state index contributed by atoms with van der Waals surface area (Å²) >= 11 is 0. The first-order valence-electron chi connectivity index (χ1n) is 10.6. The number of Topliss-reactive ketones (excluding diaryl/α,β-unsaturated/α-hetero) is 1. The molecule has 0 saturated carbocycles. The lowest BCUT2D eigenvalue weighted by Gasteiger charge is -2.13. The zero-order valence-electron chi connectivity index (χ0n) is 18.7. The number of fused-ring (bicyclic) bond motifs is 1. The van der Waals surface area contributed by atoms with Gasteiger partial charge in [0, 0.05) is 30.1 Å². The van der Waals surface area contributed by atoms with Gasteiger partial charge in [0.15, 0.2) is 5.78 Å². The van der Waals surface area contributed by atoms with Gasteiger partial charge in [-0.25, -0.2) is 4.98 Å². The molecule has 0 bridgehead atoms. The highest BCUT2D eigenvalue weighted by molar-refractivity contribution is 6.04. The number of rotatable bonds is 6. The van der Waals surface area contributed by atoms with E-state index >= 15 is 0 Å². The number of pyridine rings is 1. The van der Waals surface area contributed by atoms with E-state index in [1.807, 2.05) is 13.0 Å². The summed E-state index contributed by atoms with van der Waals surface area (Å²) in [5, 5.41) is 16.1. The van der Waals surface area contributed by atoms with E-state index < -0.39 is 23.4 Å². The summed E-state index contributed by atoms with van der Waals surface area (Å²) in [5.41, 5.74) is 2.49. The van der Waals surface area contributed by atoms with E-state index in [4.69, 9.17) is 0 Å². The molecular weight excluding hydrogens is 461 g/mol. The van der Waals surface area contributed by atoms with E-state index in [0.717, 1.165) is 34.3 Å². The van der Waals surface area contributed by atoms with Gasteiger partial charge in [0.2, 0.25) is 0 Å². The second kappa shape index (κ2) is 9.13. The molecule has 0 spiro atoms. The first-order valence-corrected chi connectivity index (χ1v) is 10.6. The first kappa shape index (κ1) is 23.8. The SMILES string of the molecule is CC(=O)c1cc2cc(NCc3cc(NC(=O)c4ccc(O)c(C(F)(F)F)c4)ccc3C)cnc2[nH]1. The number of hydrogen-bond donors (Lipinski definition) is 4. The number of ketones is 1. The molecule has 0 saturated heterocycles. The molecule has 4 aromatic rings. The van der Waals surface area contributed by atoms with Crippen molar-refractivity contribution < 1.29 is 27.9 Å². The molecule has 10 heteroatoms. The Labute approximate surface area is 198 Å². The summed E-state index contributed by atoms with van der Waals surface area (Å²) in [4.78, 5) is 31.4. The maximum atomic E-state index is 13.0. The van der Waals surface area contributed by atoms with E-state index in [0.29, 0.717) is 29.6 Å². The van der Waals surface area contributed by atoms with Crippen molar-refractivity contribution >= 4 is 34.1 Å². The summed E-state index contributed by atoms with van der Waals surface area (Å²) in [6, 6.07) is 11.3. The third-order valence-electron chi connectivity index (χ3n) is 5.50. The van der Waals surface area contributed by atoms with Gasteiger partial charge in [0.05, 0.1) is 23.1 Å². The molecule has 4 rings (SSSR count). The number of aromatic hydroxyl groups is 1. The van der Waals surface area contributed by atoms with Crippen LogP contribution in [0.3, 0.4) is 0 Å². The van der Waals surface area contributed by atoms with E-state index in [2.05, 4.69) is 20.6 Å². The zero-order valence-corrected chi connectivity index (χ0v) is 18.7. The van der Waals surface area contributed by atoms with Gasteiger partial charge in [0.25, 0.3) is 5.91 Å². The highest BCUT2D eigenvalue weighted by Gasteiger charge is 2.34. The molecule has 0 atom stereocenters. The lowest BCUT2D eigenvalue weighted by atomic mass is 10.1. The normalized spacial score (nSPS) is 11.5. The van der Waals surface area contributed by atoms with Gasteiger partial charge in [-0.3, -0.25) is 9.59 Å². The van der Waals surface area contributed by atoms with Crippen LogP contribution in [0.5, 0.6) is 5.75 Å². The van der Waals surface area contributed by atoms with Crippen molar-refractivity contribution in [1.29, 1.82) is 0 Å². The van der Waals surface area contributed by atoms with Crippen LogP contribution in [0.1, 0.15) is 44.5 Å². The predicted octanol–water partition coefficient (Wildman–Crippen LogP) is 5.66. The number of nitrogens with zero attached hydrogens (tertiary/aromatic N) is 1. The lowest BCUT2D eigenvalue weighted by Crippen LogP contribution is -2.14. The summed E-state index contributed by atoms with van der Waals surface area (Å²) in [5.74, 6) is -1.77. The number of carbonyl (C=O) groups is 2. The van der Waals surface area contributed by atoms with Crippen molar-refractivity contribution in [3.8, 4) is 5.75 Å². The van der Waals surface area contributed by atoms with Crippen LogP contribution in [-0.2, 0) is 12.7 Å². The smallest absolute Gasteiger partial charge is 0.419 e. The lowest BCUT2D eigenvalue weighted by molar-refractivity contribution is -0.138. The third kappa shape index (κ3) is 5.26. The monoisotopic (exact) mass is 482 g/mol. The van der Waals surface area contributed by atoms with Gasteiger partial charge in [0.1, 0.15) is 11.4 Å². The Morgan fingerprint density at radius 1 is 1.06 bits per heavy atom. The fourth-order valence-electron chi connectivity index (χ4n) is 3.55. The molecule has 180 valence electrons. The largest absolute Gasteiger partial charge is 0.507 e. The Balaban J connectivity index is 1.49. The number of aryl methyl sites for hydroxylation is 1. The molecule has 0 aliphatic heterocycles. The topological polar surface area (TPSA) is 107 Å². The van der Waals surface area contributed by atoms with Crippen LogP contribution in [0, 0.1) is 6.92 Å². The van der Waals surface area contributed by atoms with Crippen LogP contribution in [-0.4, -0.2) is 26.8 Å². The number of halogens is 3. The Morgan fingerprint density at radius 2 is 1.83 bits per heavy atom. The number of carbonyl (C=O) groups excluding carboxylic acids is 2. The van der Waals surface area contributed by atoms with E-state index in [-0.39, 0.29) is 11.3 Å². The number of aromatic amines is 1. The molecule has 0 fully saturated rings. The fraction of sp³-hybridized carbons (Fsp3) is 0.160. The van der Waals surface area contributed by atoms with Gasteiger partial charge in [-0.15, -0.1) is 0 Å². The summed E-state index contributed by atoms with van der Waals surface area (Å²) in [7, 11) is 0. The van der Waals surface area contributed by atoms with Crippen LogP contribution >= 0.6 is 0 Å². The second-order valence-corrected chi connectivity index (χ2v) is 8.08. The van der Waals surface area contributed by atoms with Crippen molar-refractivity contribution in [1.82, 2.24) is 9.97 Å². The number of alkyl halides is 3. The van der Waals surface area contributed by atoms with Crippen molar-refractivity contribution in [2.24, 2.45) is 0 Å². The number of H-pyrrole nitrogens is 1. The molecule has 2 aromatic carbocycles. The molecule has 0 aliphatic carbocycles. The van der Waals surface area contributed by atoms with Crippen LogP contribution in [0.2, 0.25) is 0 Å². The van der Waals surface area contributed by atoms with Gasteiger partial charge >= 0.3 is 6.18 Å². The highest BCUT2D eigenvalue weighted by Crippen LogP contribution is 2.36. The predicted molar refractivity (Wildman–Crippen MR) is 126 cm³/mol. The number of phenolic OH excluding ortho intramolecular Hbond substituents is 1. The molecule has 35 heavy (non-hydrogen) atoms. The quantitative estimate of drug-likeness (QED) is 0.265. The third-order valence-corrected chi connectivity index (χ3v) is 5.50. The van der Waals surface area contributed by atoms with Crippen molar-refractivity contribution in [2.75, 3.05) is 10.6 Å². The summed E-state index contributed by atoms with van der Waals surface area (Å²) in [6.45, 7) is 3.75.